The Morgan fingerprint density at radius 2 is 2.20 bits per heavy atom. The van der Waals surface area contributed by atoms with Gasteiger partial charge in [0.15, 0.2) is 5.13 Å². The molecule has 2 aromatic rings. The van der Waals surface area contributed by atoms with Crippen LogP contribution in [0.4, 0.5) is 5.13 Å². The maximum absolute atomic E-state index is 4.30. The van der Waals surface area contributed by atoms with Crippen molar-refractivity contribution in [3.63, 3.8) is 0 Å². The summed E-state index contributed by atoms with van der Waals surface area (Å²) in [4.78, 5) is 5.38. The Labute approximate surface area is 93.0 Å². The van der Waals surface area contributed by atoms with E-state index in [-0.39, 0.29) is 0 Å². The zero-order valence-electron chi connectivity index (χ0n) is 9.06. The number of nitrogens with one attached hydrogen (secondary N) is 1. The van der Waals surface area contributed by atoms with Crippen molar-refractivity contribution in [1.29, 1.82) is 0 Å². The van der Waals surface area contributed by atoms with Crippen molar-refractivity contribution >= 4 is 16.5 Å². The summed E-state index contributed by atoms with van der Waals surface area (Å²) in [6.45, 7) is 4.23. The van der Waals surface area contributed by atoms with Gasteiger partial charge in [-0.3, -0.25) is 4.68 Å². The maximum atomic E-state index is 4.30. The standard InChI is InChI=1S/C10H14N4S/c1-7(2)14-6-8(4-13-14)9-5-12-10(11-3)15-9/h4-7H,1-3H3,(H,11,12). The fraction of sp³-hybridized carbons (Fsp3) is 0.400. The fourth-order valence-corrected chi connectivity index (χ4v) is 2.02. The molecule has 0 aromatic carbocycles. The first-order valence-electron chi connectivity index (χ1n) is 4.89. The van der Waals surface area contributed by atoms with Crippen molar-refractivity contribution in [2.24, 2.45) is 0 Å². The number of rotatable bonds is 3. The highest BCUT2D eigenvalue weighted by Crippen LogP contribution is 2.28. The van der Waals surface area contributed by atoms with Gasteiger partial charge in [0.2, 0.25) is 0 Å². The van der Waals surface area contributed by atoms with Gasteiger partial charge in [0.05, 0.1) is 11.1 Å². The third-order valence-corrected chi connectivity index (χ3v) is 3.20. The van der Waals surface area contributed by atoms with Crippen LogP contribution in [0.3, 0.4) is 0 Å². The first-order chi connectivity index (χ1) is 7.20. The average molecular weight is 222 g/mol. The van der Waals surface area contributed by atoms with Gasteiger partial charge >= 0.3 is 0 Å². The minimum Gasteiger partial charge on any atom is -0.365 e. The summed E-state index contributed by atoms with van der Waals surface area (Å²) in [5.74, 6) is 0. The second-order valence-corrected chi connectivity index (χ2v) is 4.61. The van der Waals surface area contributed by atoms with Crippen LogP contribution in [0.1, 0.15) is 19.9 Å². The van der Waals surface area contributed by atoms with E-state index in [0.717, 1.165) is 15.6 Å². The largest absolute Gasteiger partial charge is 0.365 e. The molecule has 5 heteroatoms. The molecule has 0 saturated heterocycles. The number of anilines is 1. The Bertz CT molecular complexity index is 444. The molecule has 1 N–H and O–H groups in total. The van der Waals surface area contributed by atoms with Crippen molar-refractivity contribution in [2.75, 3.05) is 12.4 Å². The Hall–Kier alpha value is -1.36. The first-order valence-corrected chi connectivity index (χ1v) is 5.70. The van der Waals surface area contributed by atoms with E-state index in [0.29, 0.717) is 6.04 Å². The summed E-state index contributed by atoms with van der Waals surface area (Å²) in [7, 11) is 1.88. The van der Waals surface area contributed by atoms with Gasteiger partial charge < -0.3 is 5.32 Å². The lowest BCUT2D eigenvalue weighted by molar-refractivity contribution is 0.532. The highest BCUT2D eigenvalue weighted by molar-refractivity contribution is 7.18. The molecule has 0 atom stereocenters. The van der Waals surface area contributed by atoms with Crippen molar-refractivity contribution in [3.8, 4) is 10.4 Å². The molecule has 15 heavy (non-hydrogen) atoms. The molecular formula is C10H14N4S. The highest BCUT2D eigenvalue weighted by Gasteiger charge is 2.07. The molecule has 0 aliphatic carbocycles. The molecule has 0 fully saturated rings. The number of hydrogen-bond acceptors (Lipinski definition) is 4. The van der Waals surface area contributed by atoms with E-state index in [4.69, 9.17) is 0 Å². The second kappa shape index (κ2) is 4.02. The van der Waals surface area contributed by atoms with Crippen LogP contribution in [0.25, 0.3) is 10.4 Å². The van der Waals surface area contributed by atoms with E-state index in [9.17, 15) is 0 Å². The molecule has 2 heterocycles. The van der Waals surface area contributed by atoms with Crippen molar-refractivity contribution < 1.29 is 0 Å². The molecule has 0 radical (unpaired) electrons. The lowest BCUT2D eigenvalue weighted by atomic mass is 10.3. The number of aromatic nitrogens is 3. The number of hydrogen-bond donors (Lipinski definition) is 1. The van der Waals surface area contributed by atoms with Crippen LogP contribution in [0.2, 0.25) is 0 Å². The van der Waals surface area contributed by atoms with Crippen LogP contribution >= 0.6 is 11.3 Å². The van der Waals surface area contributed by atoms with Crippen LogP contribution < -0.4 is 5.32 Å². The highest BCUT2D eigenvalue weighted by atomic mass is 32.1. The number of nitrogens with zero attached hydrogens (tertiary/aromatic N) is 3. The summed E-state index contributed by atoms with van der Waals surface area (Å²) in [5, 5.41) is 8.26. The molecule has 0 aliphatic heterocycles. The minimum absolute atomic E-state index is 0.399. The third-order valence-electron chi connectivity index (χ3n) is 2.13. The topological polar surface area (TPSA) is 42.7 Å². The summed E-state index contributed by atoms with van der Waals surface area (Å²) >= 11 is 1.64. The van der Waals surface area contributed by atoms with Crippen LogP contribution in [0, 0.1) is 0 Å². The van der Waals surface area contributed by atoms with E-state index >= 15 is 0 Å². The molecular weight excluding hydrogens is 208 g/mol. The zero-order valence-corrected chi connectivity index (χ0v) is 9.88. The Kier molecular flexibility index (Phi) is 2.73. The van der Waals surface area contributed by atoms with Crippen molar-refractivity contribution in [2.45, 2.75) is 19.9 Å². The minimum atomic E-state index is 0.399. The molecule has 0 amide bonds. The predicted molar refractivity (Wildman–Crippen MR) is 63.3 cm³/mol. The summed E-state index contributed by atoms with van der Waals surface area (Å²) in [5.41, 5.74) is 1.13. The molecule has 4 nitrogen and oxygen atoms in total. The normalized spacial score (nSPS) is 10.9. The molecule has 0 unspecified atom stereocenters. The van der Waals surface area contributed by atoms with E-state index in [1.54, 1.807) is 11.3 Å². The Morgan fingerprint density at radius 1 is 1.40 bits per heavy atom. The second-order valence-electron chi connectivity index (χ2n) is 3.58. The smallest absolute Gasteiger partial charge is 0.182 e. The monoisotopic (exact) mass is 222 g/mol. The van der Waals surface area contributed by atoms with E-state index in [1.165, 1.54) is 0 Å². The van der Waals surface area contributed by atoms with E-state index in [2.05, 4.69) is 35.4 Å². The van der Waals surface area contributed by atoms with Crippen LogP contribution in [-0.2, 0) is 0 Å². The molecule has 0 saturated carbocycles. The van der Waals surface area contributed by atoms with Gasteiger partial charge in [-0.25, -0.2) is 4.98 Å². The quantitative estimate of drug-likeness (QED) is 0.868. The summed E-state index contributed by atoms with van der Waals surface area (Å²) < 4.78 is 1.95. The van der Waals surface area contributed by atoms with Gasteiger partial charge in [0.25, 0.3) is 0 Å². The lowest BCUT2D eigenvalue weighted by Gasteiger charge is -2.02. The molecule has 0 bridgehead atoms. The van der Waals surface area contributed by atoms with Crippen LogP contribution in [0.15, 0.2) is 18.6 Å². The predicted octanol–water partition coefficient (Wildman–Crippen LogP) is 2.63. The van der Waals surface area contributed by atoms with E-state index in [1.807, 2.05) is 24.1 Å². The van der Waals surface area contributed by atoms with Crippen LogP contribution in [-0.4, -0.2) is 21.8 Å². The maximum Gasteiger partial charge on any atom is 0.182 e. The first kappa shape index (κ1) is 10.2. The van der Waals surface area contributed by atoms with Gasteiger partial charge in [-0.1, -0.05) is 11.3 Å². The number of thiazole rings is 1. The molecule has 80 valence electrons. The van der Waals surface area contributed by atoms with Crippen molar-refractivity contribution in [3.05, 3.63) is 18.6 Å². The van der Waals surface area contributed by atoms with Gasteiger partial charge in [-0.05, 0) is 13.8 Å². The molecule has 0 spiro atoms. The zero-order chi connectivity index (χ0) is 10.8. The van der Waals surface area contributed by atoms with Gasteiger partial charge in [-0.15, -0.1) is 0 Å². The summed E-state index contributed by atoms with van der Waals surface area (Å²) in [6, 6.07) is 0.399. The molecule has 2 aromatic heterocycles. The lowest BCUT2D eigenvalue weighted by Crippen LogP contribution is -1.99. The Morgan fingerprint density at radius 3 is 2.73 bits per heavy atom. The van der Waals surface area contributed by atoms with E-state index < -0.39 is 0 Å². The fourth-order valence-electron chi connectivity index (χ4n) is 1.27. The SMILES string of the molecule is CNc1ncc(-c2cnn(C(C)C)c2)s1. The van der Waals surface area contributed by atoms with Crippen molar-refractivity contribution in [1.82, 2.24) is 14.8 Å². The van der Waals surface area contributed by atoms with Gasteiger partial charge in [0, 0.05) is 31.0 Å². The average Bonchev–Trinajstić information content (AvgIpc) is 2.86. The van der Waals surface area contributed by atoms with Crippen LogP contribution in [0.5, 0.6) is 0 Å². The Balaban J connectivity index is 2.28. The van der Waals surface area contributed by atoms with Gasteiger partial charge in [0.1, 0.15) is 0 Å². The molecule has 2 rings (SSSR count). The molecule has 0 aliphatic rings. The van der Waals surface area contributed by atoms with Gasteiger partial charge in [-0.2, -0.15) is 5.10 Å². The summed E-state index contributed by atoms with van der Waals surface area (Å²) in [6.07, 6.45) is 5.81. The third kappa shape index (κ3) is 2.02.